The highest BCUT2D eigenvalue weighted by molar-refractivity contribution is 7.69. The molecule has 2 atom stereocenters. The molecule has 1 aromatic carbocycles. The molecular weight excluding hydrogens is 340 g/mol. The topological polar surface area (TPSA) is 9.23 Å². The van der Waals surface area contributed by atoms with Crippen molar-refractivity contribution in [1.29, 1.82) is 0 Å². The van der Waals surface area contributed by atoms with Crippen LogP contribution in [-0.4, -0.2) is 28.9 Å². The molecular formula is C20H34OSi3. The molecule has 1 aromatic rings. The lowest BCUT2D eigenvalue weighted by Gasteiger charge is -2.63. The van der Waals surface area contributed by atoms with Crippen molar-refractivity contribution in [2.45, 2.75) is 63.7 Å². The maximum atomic E-state index is 6.24. The summed E-state index contributed by atoms with van der Waals surface area (Å²) < 4.78 is 6.24. The number of hydrogen-bond acceptors (Lipinski definition) is 1. The van der Waals surface area contributed by atoms with Crippen molar-refractivity contribution in [2.24, 2.45) is 5.92 Å². The van der Waals surface area contributed by atoms with E-state index in [1.807, 2.05) is 0 Å². The molecule has 0 radical (unpaired) electrons. The predicted octanol–water partition coefficient (Wildman–Crippen LogP) is 5.73. The van der Waals surface area contributed by atoms with Gasteiger partial charge >= 0.3 is 0 Å². The second-order valence-electron chi connectivity index (χ2n) is 9.98. The quantitative estimate of drug-likeness (QED) is 0.474. The van der Waals surface area contributed by atoms with Crippen LogP contribution in [0.5, 0.6) is 5.75 Å². The number of para-hydroxylation sites is 1. The molecule has 24 heavy (non-hydrogen) atoms. The van der Waals surface area contributed by atoms with E-state index < -0.39 is 22.3 Å². The maximum absolute atomic E-state index is 6.24. The number of allylic oxidation sites excluding steroid dienone is 2. The lowest BCUT2D eigenvalue weighted by atomic mass is 9.84. The third-order valence-corrected chi connectivity index (χ3v) is 48.7. The summed E-state index contributed by atoms with van der Waals surface area (Å²) in [5, 5.41) is 0.323. The Hall–Kier alpha value is -0.589. The highest BCUT2D eigenvalue weighted by atomic mass is 29.6. The largest absolute Gasteiger partial charge is 0.493 e. The lowest BCUT2D eigenvalue weighted by Crippen LogP contribution is -2.82. The average molecular weight is 375 g/mol. The van der Waals surface area contributed by atoms with E-state index in [2.05, 4.69) is 82.6 Å². The van der Waals surface area contributed by atoms with E-state index in [0.29, 0.717) is 11.0 Å². The van der Waals surface area contributed by atoms with Gasteiger partial charge in [-0.15, -0.1) is 0 Å². The second kappa shape index (κ2) is 5.71. The van der Waals surface area contributed by atoms with E-state index in [-0.39, 0.29) is 0 Å². The van der Waals surface area contributed by atoms with Crippen LogP contribution in [-0.2, 0) is 5.04 Å². The first-order valence-corrected chi connectivity index (χ1v) is 20.7. The first kappa shape index (κ1) is 18.2. The summed E-state index contributed by atoms with van der Waals surface area (Å²) in [6.07, 6.45) is 6.31. The first-order chi connectivity index (χ1) is 11.1. The molecule has 0 spiro atoms. The Morgan fingerprint density at radius 2 is 1.67 bits per heavy atom. The van der Waals surface area contributed by atoms with E-state index >= 15 is 0 Å². The minimum atomic E-state index is -1.54. The predicted molar refractivity (Wildman–Crippen MR) is 114 cm³/mol. The molecule has 0 saturated carbocycles. The third-order valence-electron chi connectivity index (χ3n) is 7.11. The molecule has 2 aliphatic heterocycles. The second-order valence-corrected chi connectivity index (χ2v) is 37.9. The summed E-state index contributed by atoms with van der Waals surface area (Å²) in [6.45, 7) is 19.6. The van der Waals surface area contributed by atoms with E-state index in [0.717, 1.165) is 6.61 Å². The molecule has 3 rings (SSSR count). The van der Waals surface area contributed by atoms with Gasteiger partial charge in [0.2, 0.25) is 0 Å². The molecule has 0 bridgehead atoms. The normalized spacial score (nSPS) is 29.2. The number of fused-ring (bicyclic) bond motifs is 3. The van der Waals surface area contributed by atoms with Crippen LogP contribution in [0.15, 0.2) is 36.4 Å². The molecule has 2 heterocycles. The summed E-state index contributed by atoms with van der Waals surface area (Å²) in [5.74, 6) is 1.83. The van der Waals surface area contributed by atoms with E-state index in [1.165, 1.54) is 23.8 Å². The zero-order valence-corrected chi connectivity index (χ0v) is 19.6. The van der Waals surface area contributed by atoms with Crippen LogP contribution in [0.25, 0.3) is 0 Å². The van der Waals surface area contributed by atoms with Gasteiger partial charge in [0.15, 0.2) is 0 Å². The molecule has 0 fully saturated rings. The Morgan fingerprint density at radius 3 is 2.29 bits per heavy atom. The van der Waals surface area contributed by atoms with Crippen molar-refractivity contribution >= 4 is 22.3 Å². The Kier molecular flexibility index (Phi) is 4.33. The highest BCUT2D eigenvalue weighted by Crippen LogP contribution is 2.57. The Balaban J connectivity index is 2.39. The number of rotatable bonds is 2. The molecule has 2 aliphatic rings. The SMILES string of the molecule is CC12c3ccccc3OCCC1C=CC[Si]2([Si](C)(C)C)[Si](C)(C)C. The van der Waals surface area contributed by atoms with Gasteiger partial charge in [0.1, 0.15) is 5.75 Å². The minimum Gasteiger partial charge on any atom is -0.493 e. The van der Waals surface area contributed by atoms with Crippen LogP contribution in [0.1, 0.15) is 18.9 Å². The van der Waals surface area contributed by atoms with Crippen molar-refractivity contribution in [3.05, 3.63) is 42.0 Å². The maximum Gasteiger partial charge on any atom is 0.122 e. The number of benzene rings is 1. The zero-order valence-electron chi connectivity index (χ0n) is 16.6. The smallest absolute Gasteiger partial charge is 0.122 e. The minimum absolute atomic E-state index is 0.323. The van der Waals surface area contributed by atoms with Gasteiger partial charge in [0, 0.05) is 15.2 Å². The monoisotopic (exact) mass is 374 g/mol. The van der Waals surface area contributed by atoms with Crippen LogP contribution in [0.2, 0.25) is 45.3 Å². The Labute approximate surface area is 151 Å². The van der Waals surface area contributed by atoms with Crippen LogP contribution in [0, 0.1) is 5.92 Å². The van der Waals surface area contributed by atoms with Gasteiger partial charge in [-0.25, -0.2) is 0 Å². The molecule has 132 valence electrons. The van der Waals surface area contributed by atoms with Crippen molar-refractivity contribution in [2.75, 3.05) is 6.61 Å². The number of hydrogen-bond donors (Lipinski definition) is 0. The fourth-order valence-electron chi connectivity index (χ4n) is 6.56. The Morgan fingerprint density at radius 1 is 1.04 bits per heavy atom. The van der Waals surface area contributed by atoms with E-state index in [4.69, 9.17) is 4.74 Å². The first-order valence-electron chi connectivity index (χ1n) is 9.45. The van der Waals surface area contributed by atoms with Crippen molar-refractivity contribution in [3.8, 4) is 5.75 Å². The fraction of sp³-hybridized carbons (Fsp3) is 0.600. The summed E-state index contributed by atoms with van der Waals surface area (Å²) in [4.78, 5) is 0. The molecule has 0 saturated heterocycles. The van der Waals surface area contributed by atoms with E-state index in [1.54, 1.807) is 0 Å². The number of ether oxygens (including phenoxy) is 1. The summed E-state index contributed by atoms with van der Waals surface area (Å²) in [6, 6.07) is 10.4. The van der Waals surface area contributed by atoms with E-state index in [9.17, 15) is 0 Å². The van der Waals surface area contributed by atoms with Crippen LogP contribution in [0.4, 0.5) is 0 Å². The van der Waals surface area contributed by atoms with Crippen molar-refractivity contribution in [3.63, 3.8) is 0 Å². The van der Waals surface area contributed by atoms with Crippen molar-refractivity contribution in [1.82, 2.24) is 0 Å². The third kappa shape index (κ3) is 2.29. The average Bonchev–Trinajstić information content (AvgIpc) is 2.61. The lowest BCUT2D eigenvalue weighted by molar-refractivity contribution is 0.298. The summed E-state index contributed by atoms with van der Waals surface area (Å²) in [5.41, 5.74) is 1.54. The van der Waals surface area contributed by atoms with Gasteiger partial charge in [-0.05, 0) is 35.1 Å². The molecule has 1 nitrogen and oxygen atoms in total. The Bertz CT molecular complexity index is 640. The van der Waals surface area contributed by atoms with Crippen LogP contribution < -0.4 is 4.74 Å². The summed E-state index contributed by atoms with van der Waals surface area (Å²) in [7, 11) is -4.18. The molecule has 0 aromatic heterocycles. The molecule has 4 heteroatoms. The summed E-state index contributed by atoms with van der Waals surface area (Å²) >= 11 is 0. The van der Waals surface area contributed by atoms with Gasteiger partial charge < -0.3 is 4.74 Å². The molecule has 0 N–H and O–H groups in total. The van der Waals surface area contributed by atoms with Crippen LogP contribution >= 0.6 is 0 Å². The van der Waals surface area contributed by atoms with Gasteiger partial charge in [0.25, 0.3) is 0 Å². The van der Waals surface area contributed by atoms with Gasteiger partial charge in [-0.2, -0.15) is 0 Å². The molecule has 2 unspecified atom stereocenters. The molecule has 0 aliphatic carbocycles. The van der Waals surface area contributed by atoms with Gasteiger partial charge in [-0.1, -0.05) is 76.6 Å². The van der Waals surface area contributed by atoms with Gasteiger partial charge in [-0.3, -0.25) is 0 Å². The van der Waals surface area contributed by atoms with Crippen LogP contribution in [0.3, 0.4) is 0 Å². The highest BCUT2D eigenvalue weighted by Gasteiger charge is 2.67. The van der Waals surface area contributed by atoms with Gasteiger partial charge in [0.05, 0.1) is 13.7 Å². The van der Waals surface area contributed by atoms with Crippen molar-refractivity contribution < 1.29 is 4.74 Å². The fourth-order valence-corrected chi connectivity index (χ4v) is 58.3. The zero-order chi connectivity index (χ0) is 17.8. The molecule has 0 amide bonds. The standard InChI is InChI=1S/C20H34OSi3/c1-20-17(14-15-21-19-13-9-8-12-18(19)20)11-10-16-24(20,22(2,3)4)23(5,6)7/h8-13,17H,14-16H2,1-7H3.